The third-order valence-corrected chi connectivity index (χ3v) is 4.89. The molecule has 1 N–H and O–H groups in total. The van der Waals surface area contributed by atoms with Gasteiger partial charge in [-0.15, -0.1) is 3.89 Å². The van der Waals surface area contributed by atoms with E-state index in [1.807, 2.05) is 0 Å². The van der Waals surface area contributed by atoms with E-state index in [-0.39, 0.29) is 24.8 Å². The van der Waals surface area contributed by atoms with Gasteiger partial charge in [0, 0.05) is 30.3 Å². The van der Waals surface area contributed by atoms with Crippen LogP contribution in [0.15, 0.2) is 18.2 Å². The van der Waals surface area contributed by atoms with Crippen LogP contribution in [-0.2, 0) is 19.8 Å². The molecule has 0 aromatic heterocycles. The smallest absolute Gasteiger partial charge is 0.307 e. The predicted molar refractivity (Wildman–Crippen MR) is 85.4 cm³/mol. The number of hydrogen-bond acceptors (Lipinski definition) is 4. The average molecular weight is 342 g/mol. The first-order chi connectivity index (χ1) is 10.6. The average Bonchev–Trinajstić information content (AvgIpc) is 2.82. The van der Waals surface area contributed by atoms with Crippen LogP contribution in [0.3, 0.4) is 0 Å². The van der Waals surface area contributed by atoms with Crippen molar-refractivity contribution in [2.45, 2.75) is 32.4 Å². The molecule has 1 aliphatic heterocycles. The number of nitrogens with zero attached hydrogens (tertiary/aromatic N) is 1. The van der Waals surface area contributed by atoms with Crippen LogP contribution in [-0.4, -0.2) is 32.0 Å². The van der Waals surface area contributed by atoms with E-state index in [0.29, 0.717) is 11.4 Å². The number of hydrogen-bond donors (Lipinski definition) is 1. The standard InChI is InChI=1S/C15H19FN2O4S/c1-9(2)15(20)17-11-5-4-10(3)13(6-11)18-8-12(7-14(18)19)23(16,21)22/h4-6,9,12H,7-8H2,1-3H3,(H,17,20). The summed E-state index contributed by atoms with van der Waals surface area (Å²) in [5.41, 5.74) is 1.71. The first kappa shape index (κ1) is 17.4. The summed E-state index contributed by atoms with van der Waals surface area (Å²) < 4.78 is 35.2. The van der Waals surface area contributed by atoms with E-state index in [0.717, 1.165) is 5.56 Å². The lowest BCUT2D eigenvalue weighted by atomic mass is 10.1. The highest BCUT2D eigenvalue weighted by molar-refractivity contribution is 7.87. The molecule has 1 unspecified atom stereocenters. The van der Waals surface area contributed by atoms with Gasteiger partial charge in [0.15, 0.2) is 0 Å². The molecule has 0 bridgehead atoms. The second kappa shape index (κ2) is 6.27. The Kier molecular flexibility index (Phi) is 4.74. The lowest BCUT2D eigenvalue weighted by Crippen LogP contribution is -2.27. The van der Waals surface area contributed by atoms with E-state index < -0.39 is 21.4 Å². The number of carbonyl (C=O) groups excluding carboxylic acids is 2. The molecule has 0 aliphatic carbocycles. The molecule has 1 aliphatic rings. The Morgan fingerprint density at radius 1 is 1.39 bits per heavy atom. The molecule has 2 rings (SSSR count). The zero-order valence-electron chi connectivity index (χ0n) is 13.2. The van der Waals surface area contributed by atoms with E-state index in [2.05, 4.69) is 5.32 Å². The van der Waals surface area contributed by atoms with Crippen LogP contribution in [0.4, 0.5) is 15.3 Å². The predicted octanol–water partition coefficient (Wildman–Crippen LogP) is 1.99. The molecule has 1 aromatic carbocycles. The van der Waals surface area contributed by atoms with Crippen molar-refractivity contribution in [1.29, 1.82) is 0 Å². The normalized spacial score (nSPS) is 18.6. The summed E-state index contributed by atoms with van der Waals surface area (Å²) in [6.45, 7) is 5.05. The molecule has 126 valence electrons. The lowest BCUT2D eigenvalue weighted by Gasteiger charge is -2.20. The van der Waals surface area contributed by atoms with Gasteiger partial charge >= 0.3 is 10.2 Å². The molecule has 2 amide bonds. The lowest BCUT2D eigenvalue weighted by molar-refractivity contribution is -0.119. The first-order valence-electron chi connectivity index (χ1n) is 7.25. The molecular weight excluding hydrogens is 323 g/mol. The third kappa shape index (κ3) is 3.87. The van der Waals surface area contributed by atoms with Gasteiger partial charge in [0.2, 0.25) is 11.8 Å². The Labute approximate surface area is 134 Å². The number of halogens is 1. The molecule has 1 aromatic rings. The molecule has 8 heteroatoms. The van der Waals surface area contributed by atoms with E-state index in [1.165, 1.54) is 4.90 Å². The van der Waals surface area contributed by atoms with Gasteiger partial charge in [0.05, 0.1) is 0 Å². The second-order valence-corrected chi connectivity index (χ2v) is 7.57. The van der Waals surface area contributed by atoms with E-state index in [9.17, 15) is 21.9 Å². The summed E-state index contributed by atoms with van der Waals surface area (Å²) in [7, 11) is -4.76. The minimum absolute atomic E-state index is 0.170. The molecule has 23 heavy (non-hydrogen) atoms. The number of amides is 2. The number of anilines is 2. The molecule has 1 atom stereocenters. The van der Waals surface area contributed by atoms with Crippen LogP contribution in [0.1, 0.15) is 25.8 Å². The molecule has 1 heterocycles. The van der Waals surface area contributed by atoms with Gasteiger partial charge in [-0.3, -0.25) is 9.59 Å². The number of nitrogens with one attached hydrogen (secondary N) is 1. The summed E-state index contributed by atoms with van der Waals surface area (Å²) in [5, 5.41) is 1.38. The van der Waals surface area contributed by atoms with Crippen molar-refractivity contribution in [1.82, 2.24) is 0 Å². The quantitative estimate of drug-likeness (QED) is 0.848. The van der Waals surface area contributed by atoms with Crippen molar-refractivity contribution in [2.24, 2.45) is 5.92 Å². The van der Waals surface area contributed by atoms with Gasteiger partial charge in [-0.1, -0.05) is 19.9 Å². The SMILES string of the molecule is Cc1ccc(NC(=O)C(C)C)cc1N1CC(S(=O)(=O)F)CC1=O. The van der Waals surface area contributed by atoms with Gasteiger partial charge in [-0.05, 0) is 24.6 Å². The van der Waals surface area contributed by atoms with Crippen molar-refractivity contribution >= 4 is 33.4 Å². The molecule has 0 spiro atoms. The highest BCUT2D eigenvalue weighted by Crippen LogP contribution is 2.30. The maximum Gasteiger partial charge on any atom is 0.307 e. The maximum absolute atomic E-state index is 13.1. The maximum atomic E-state index is 13.1. The Morgan fingerprint density at radius 2 is 2.04 bits per heavy atom. The second-order valence-electron chi connectivity index (χ2n) is 5.95. The highest BCUT2D eigenvalue weighted by atomic mass is 32.3. The van der Waals surface area contributed by atoms with Crippen molar-refractivity contribution < 1.29 is 21.9 Å². The molecule has 1 saturated heterocycles. The molecular formula is C15H19FN2O4S. The van der Waals surface area contributed by atoms with Gasteiger partial charge < -0.3 is 10.2 Å². The number of carbonyl (C=O) groups is 2. The number of rotatable bonds is 4. The Bertz CT molecular complexity index is 746. The van der Waals surface area contributed by atoms with Crippen LogP contribution in [0.25, 0.3) is 0 Å². The fourth-order valence-electron chi connectivity index (χ4n) is 2.36. The van der Waals surface area contributed by atoms with Gasteiger partial charge in [0.25, 0.3) is 0 Å². The minimum atomic E-state index is -4.76. The largest absolute Gasteiger partial charge is 0.326 e. The number of aryl methyl sites for hydroxylation is 1. The van der Waals surface area contributed by atoms with E-state index in [1.54, 1.807) is 39.0 Å². The van der Waals surface area contributed by atoms with Crippen molar-refractivity contribution in [3.8, 4) is 0 Å². The zero-order chi connectivity index (χ0) is 17.4. The van der Waals surface area contributed by atoms with Crippen molar-refractivity contribution in [3.63, 3.8) is 0 Å². The number of benzene rings is 1. The summed E-state index contributed by atoms with van der Waals surface area (Å²) in [4.78, 5) is 25.0. The van der Waals surface area contributed by atoms with Crippen molar-refractivity contribution in [3.05, 3.63) is 23.8 Å². The summed E-state index contributed by atoms with van der Waals surface area (Å²) in [6, 6.07) is 5.01. The molecule has 0 radical (unpaired) electrons. The van der Waals surface area contributed by atoms with Crippen LogP contribution in [0.2, 0.25) is 0 Å². The van der Waals surface area contributed by atoms with Crippen LogP contribution >= 0.6 is 0 Å². The Balaban J connectivity index is 2.29. The van der Waals surface area contributed by atoms with Gasteiger partial charge in [-0.25, -0.2) is 0 Å². The van der Waals surface area contributed by atoms with Crippen LogP contribution in [0.5, 0.6) is 0 Å². The van der Waals surface area contributed by atoms with Crippen LogP contribution in [0, 0.1) is 12.8 Å². The fourth-order valence-corrected chi connectivity index (χ4v) is 3.03. The van der Waals surface area contributed by atoms with E-state index in [4.69, 9.17) is 0 Å². The minimum Gasteiger partial charge on any atom is -0.326 e. The molecule has 1 fully saturated rings. The zero-order valence-corrected chi connectivity index (χ0v) is 14.0. The summed E-state index contributed by atoms with van der Waals surface area (Å²) in [5.74, 6) is -0.822. The van der Waals surface area contributed by atoms with E-state index >= 15 is 0 Å². The summed E-state index contributed by atoms with van der Waals surface area (Å²) >= 11 is 0. The topological polar surface area (TPSA) is 83.6 Å². The van der Waals surface area contributed by atoms with Gasteiger partial charge in [0.1, 0.15) is 5.25 Å². The monoisotopic (exact) mass is 342 g/mol. The van der Waals surface area contributed by atoms with Crippen molar-refractivity contribution in [2.75, 3.05) is 16.8 Å². The fraction of sp³-hybridized carbons (Fsp3) is 0.467. The van der Waals surface area contributed by atoms with Crippen LogP contribution < -0.4 is 10.2 Å². The molecule has 0 saturated carbocycles. The first-order valence-corrected chi connectivity index (χ1v) is 8.69. The third-order valence-electron chi connectivity index (χ3n) is 3.78. The highest BCUT2D eigenvalue weighted by Gasteiger charge is 2.39. The van der Waals surface area contributed by atoms with Gasteiger partial charge in [-0.2, -0.15) is 8.42 Å². The molecule has 6 nitrogen and oxygen atoms in total. The Hall–Kier alpha value is -1.96. The summed E-state index contributed by atoms with van der Waals surface area (Å²) in [6.07, 6.45) is -0.374. The Morgan fingerprint density at radius 3 is 2.57 bits per heavy atom.